The zero-order valence-corrected chi connectivity index (χ0v) is 15.5. The van der Waals surface area contributed by atoms with Gasteiger partial charge in [0, 0.05) is 49.5 Å². The molecule has 0 radical (unpaired) electrons. The SMILES string of the molecule is CN=C(NCCc1c[nH]c2cc(C)ccc12)NCc1ccc(OC)nc1. The molecule has 0 saturated heterocycles. The van der Waals surface area contributed by atoms with Crippen LogP contribution in [0.15, 0.2) is 47.7 Å². The van der Waals surface area contributed by atoms with E-state index in [4.69, 9.17) is 4.74 Å². The molecule has 2 aromatic heterocycles. The van der Waals surface area contributed by atoms with Gasteiger partial charge in [-0.3, -0.25) is 4.99 Å². The molecule has 3 rings (SSSR count). The summed E-state index contributed by atoms with van der Waals surface area (Å²) in [6.07, 6.45) is 4.81. The van der Waals surface area contributed by atoms with Crippen molar-refractivity contribution in [1.82, 2.24) is 20.6 Å². The predicted octanol–water partition coefficient (Wildman–Crippen LogP) is 2.79. The smallest absolute Gasteiger partial charge is 0.212 e. The molecule has 0 saturated carbocycles. The van der Waals surface area contributed by atoms with Crippen molar-refractivity contribution in [2.75, 3.05) is 20.7 Å². The lowest BCUT2D eigenvalue weighted by atomic mass is 10.1. The number of hydrogen-bond acceptors (Lipinski definition) is 3. The van der Waals surface area contributed by atoms with Crippen molar-refractivity contribution in [2.24, 2.45) is 4.99 Å². The summed E-state index contributed by atoms with van der Waals surface area (Å²) in [5.74, 6) is 1.39. The molecule has 0 atom stereocenters. The summed E-state index contributed by atoms with van der Waals surface area (Å²) in [6, 6.07) is 10.3. The fraction of sp³-hybridized carbons (Fsp3) is 0.300. The van der Waals surface area contributed by atoms with Gasteiger partial charge in [-0.05, 0) is 36.1 Å². The number of benzene rings is 1. The maximum Gasteiger partial charge on any atom is 0.212 e. The van der Waals surface area contributed by atoms with Crippen molar-refractivity contribution < 1.29 is 4.74 Å². The number of methoxy groups -OCH3 is 1. The summed E-state index contributed by atoms with van der Waals surface area (Å²) in [7, 11) is 3.39. The Morgan fingerprint density at radius 2 is 2.12 bits per heavy atom. The highest BCUT2D eigenvalue weighted by molar-refractivity contribution is 5.84. The van der Waals surface area contributed by atoms with Crippen molar-refractivity contribution in [3.8, 4) is 5.88 Å². The molecule has 0 spiro atoms. The third-order valence-electron chi connectivity index (χ3n) is 4.30. The monoisotopic (exact) mass is 351 g/mol. The number of nitrogens with zero attached hydrogens (tertiary/aromatic N) is 2. The second-order valence-electron chi connectivity index (χ2n) is 6.17. The van der Waals surface area contributed by atoms with E-state index in [2.05, 4.69) is 56.9 Å². The van der Waals surface area contributed by atoms with Crippen molar-refractivity contribution in [3.63, 3.8) is 0 Å². The van der Waals surface area contributed by atoms with Gasteiger partial charge >= 0.3 is 0 Å². The summed E-state index contributed by atoms with van der Waals surface area (Å²) in [5.41, 5.74) is 4.83. The van der Waals surface area contributed by atoms with Crippen molar-refractivity contribution in [1.29, 1.82) is 0 Å². The van der Waals surface area contributed by atoms with Crippen LogP contribution in [-0.2, 0) is 13.0 Å². The summed E-state index contributed by atoms with van der Waals surface area (Å²) >= 11 is 0. The molecule has 0 aliphatic rings. The Kier molecular flexibility index (Phi) is 5.73. The first-order valence-corrected chi connectivity index (χ1v) is 8.69. The summed E-state index contributed by atoms with van der Waals surface area (Å²) in [6.45, 7) is 3.57. The van der Waals surface area contributed by atoms with Crippen LogP contribution in [-0.4, -0.2) is 36.6 Å². The van der Waals surface area contributed by atoms with E-state index in [1.807, 2.05) is 12.1 Å². The molecule has 136 valence electrons. The number of aliphatic imine (C=N–C) groups is 1. The Balaban J connectivity index is 1.50. The van der Waals surface area contributed by atoms with E-state index in [1.165, 1.54) is 22.0 Å². The highest BCUT2D eigenvalue weighted by Crippen LogP contribution is 2.19. The lowest BCUT2D eigenvalue weighted by Gasteiger charge is -2.12. The van der Waals surface area contributed by atoms with Gasteiger partial charge in [0.1, 0.15) is 0 Å². The highest BCUT2D eigenvalue weighted by Gasteiger charge is 2.05. The molecule has 0 amide bonds. The van der Waals surface area contributed by atoms with Crippen LogP contribution in [0, 0.1) is 6.92 Å². The largest absolute Gasteiger partial charge is 0.481 e. The van der Waals surface area contributed by atoms with Crippen LogP contribution in [0.5, 0.6) is 5.88 Å². The molecule has 2 heterocycles. The molecule has 3 aromatic rings. The minimum absolute atomic E-state index is 0.616. The normalized spacial score (nSPS) is 11.6. The van der Waals surface area contributed by atoms with Crippen LogP contribution in [0.25, 0.3) is 10.9 Å². The van der Waals surface area contributed by atoms with Gasteiger partial charge in [0.15, 0.2) is 5.96 Å². The molecule has 0 fully saturated rings. The second-order valence-corrected chi connectivity index (χ2v) is 6.17. The first-order valence-electron chi connectivity index (χ1n) is 8.69. The van der Waals surface area contributed by atoms with Gasteiger partial charge in [-0.1, -0.05) is 18.2 Å². The number of aromatic amines is 1. The molecular weight excluding hydrogens is 326 g/mol. The minimum atomic E-state index is 0.616. The molecule has 6 nitrogen and oxygen atoms in total. The van der Waals surface area contributed by atoms with Gasteiger partial charge in [-0.25, -0.2) is 4.98 Å². The van der Waals surface area contributed by atoms with E-state index < -0.39 is 0 Å². The lowest BCUT2D eigenvalue weighted by Crippen LogP contribution is -2.37. The third kappa shape index (κ3) is 4.33. The Morgan fingerprint density at radius 1 is 1.23 bits per heavy atom. The van der Waals surface area contributed by atoms with Gasteiger partial charge < -0.3 is 20.4 Å². The van der Waals surface area contributed by atoms with E-state index in [-0.39, 0.29) is 0 Å². The van der Waals surface area contributed by atoms with Gasteiger partial charge in [-0.2, -0.15) is 0 Å². The average Bonchev–Trinajstić information content (AvgIpc) is 3.07. The number of fused-ring (bicyclic) bond motifs is 1. The fourth-order valence-corrected chi connectivity index (χ4v) is 2.87. The molecule has 1 aromatic carbocycles. The van der Waals surface area contributed by atoms with E-state index >= 15 is 0 Å². The van der Waals surface area contributed by atoms with Gasteiger partial charge in [-0.15, -0.1) is 0 Å². The van der Waals surface area contributed by atoms with Crippen LogP contribution in [0.2, 0.25) is 0 Å². The first-order chi connectivity index (χ1) is 12.7. The summed E-state index contributed by atoms with van der Waals surface area (Å²) in [5, 5.41) is 7.94. The number of pyridine rings is 1. The molecule has 6 heteroatoms. The summed E-state index contributed by atoms with van der Waals surface area (Å²) < 4.78 is 5.07. The van der Waals surface area contributed by atoms with Crippen LogP contribution in [0.1, 0.15) is 16.7 Å². The van der Waals surface area contributed by atoms with E-state index in [1.54, 1.807) is 20.4 Å². The second kappa shape index (κ2) is 8.38. The lowest BCUT2D eigenvalue weighted by molar-refractivity contribution is 0.397. The van der Waals surface area contributed by atoms with Crippen molar-refractivity contribution >= 4 is 16.9 Å². The zero-order valence-electron chi connectivity index (χ0n) is 15.5. The molecule has 0 aliphatic heterocycles. The predicted molar refractivity (Wildman–Crippen MR) is 106 cm³/mol. The maximum atomic E-state index is 5.07. The first kappa shape index (κ1) is 17.8. The molecular formula is C20H25N5O. The number of ether oxygens (including phenoxy) is 1. The van der Waals surface area contributed by atoms with E-state index in [0.29, 0.717) is 12.4 Å². The van der Waals surface area contributed by atoms with E-state index in [9.17, 15) is 0 Å². The molecule has 0 unspecified atom stereocenters. The number of rotatable bonds is 6. The average molecular weight is 351 g/mol. The van der Waals surface area contributed by atoms with Crippen LogP contribution in [0.3, 0.4) is 0 Å². The molecule has 0 aliphatic carbocycles. The van der Waals surface area contributed by atoms with Gasteiger partial charge in [0.2, 0.25) is 5.88 Å². The zero-order chi connectivity index (χ0) is 18.4. The Morgan fingerprint density at radius 3 is 2.85 bits per heavy atom. The number of aryl methyl sites for hydroxylation is 1. The molecule has 26 heavy (non-hydrogen) atoms. The van der Waals surface area contributed by atoms with Crippen LogP contribution < -0.4 is 15.4 Å². The van der Waals surface area contributed by atoms with E-state index in [0.717, 1.165) is 24.5 Å². The fourth-order valence-electron chi connectivity index (χ4n) is 2.87. The quantitative estimate of drug-likeness (QED) is 0.472. The number of guanidine groups is 1. The number of aromatic nitrogens is 2. The minimum Gasteiger partial charge on any atom is -0.481 e. The summed E-state index contributed by atoms with van der Waals surface area (Å²) in [4.78, 5) is 11.8. The van der Waals surface area contributed by atoms with Gasteiger partial charge in [0.05, 0.1) is 7.11 Å². The van der Waals surface area contributed by atoms with Crippen LogP contribution in [0.4, 0.5) is 0 Å². The number of H-pyrrole nitrogens is 1. The van der Waals surface area contributed by atoms with Gasteiger partial charge in [0.25, 0.3) is 0 Å². The molecule has 3 N–H and O–H groups in total. The van der Waals surface area contributed by atoms with Crippen molar-refractivity contribution in [3.05, 3.63) is 59.4 Å². The topological polar surface area (TPSA) is 74.3 Å². The standard InChI is InChI=1S/C20H25N5O/c1-14-4-6-17-16(13-23-18(17)10-14)8-9-22-20(21-2)25-12-15-5-7-19(26-3)24-11-15/h4-7,10-11,13,23H,8-9,12H2,1-3H3,(H2,21,22,25). The maximum absolute atomic E-state index is 5.07. The highest BCUT2D eigenvalue weighted by atomic mass is 16.5. The number of hydrogen-bond donors (Lipinski definition) is 3. The van der Waals surface area contributed by atoms with Crippen LogP contribution >= 0.6 is 0 Å². The Bertz CT molecular complexity index is 883. The van der Waals surface area contributed by atoms with Crippen molar-refractivity contribution in [2.45, 2.75) is 19.9 Å². The molecule has 0 bridgehead atoms. The Labute approximate surface area is 153 Å². The number of nitrogens with one attached hydrogen (secondary N) is 3. The Hall–Kier alpha value is -3.02. The third-order valence-corrected chi connectivity index (χ3v) is 4.30.